The number of ether oxygens (including phenoxy) is 2. The van der Waals surface area contributed by atoms with Crippen molar-refractivity contribution in [2.75, 3.05) is 6.61 Å². The number of hydrogen-bond donors (Lipinski definition) is 0. The third kappa shape index (κ3) is 2.81. The first-order chi connectivity index (χ1) is 12.2. The highest BCUT2D eigenvalue weighted by atomic mass is 19.1. The average Bonchev–Trinajstić information content (AvgIpc) is 3.25. The molecule has 4 rings (SSSR count). The normalized spacial score (nSPS) is 15.3. The van der Waals surface area contributed by atoms with Gasteiger partial charge >= 0.3 is 0 Å². The van der Waals surface area contributed by atoms with Gasteiger partial charge in [0.15, 0.2) is 22.7 Å². The van der Waals surface area contributed by atoms with Crippen LogP contribution in [-0.4, -0.2) is 12.7 Å². The zero-order valence-electron chi connectivity index (χ0n) is 14.1. The molecule has 1 fully saturated rings. The van der Waals surface area contributed by atoms with E-state index in [9.17, 15) is 8.78 Å². The lowest BCUT2D eigenvalue weighted by Gasteiger charge is -2.13. The van der Waals surface area contributed by atoms with Crippen LogP contribution < -0.4 is 9.47 Å². The van der Waals surface area contributed by atoms with Gasteiger partial charge in [0.2, 0.25) is 11.6 Å². The Morgan fingerprint density at radius 1 is 0.960 bits per heavy atom. The summed E-state index contributed by atoms with van der Waals surface area (Å²) < 4.78 is 46.1. The third-order valence-corrected chi connectivity index (χ3v) is 4.68. The number of halogens is 2. The lowest BCUT2D eigenvalue weighted by atomic mass is 10.1. The first-order valence-corrected chi connectivity index (χ1v) is 8.81. The van der Waals surface area contributed by atoms with E-state index in [1.807, 2.05) is 6.92 Å². The van der Waals surface area contributed by atoms with Crippen LogP contribution in [0.2, 0.25) is 0 Å². The average molecular weight is 346 g/mol. The first-order valence-electron chi connectivity index (χ1n) is 8.81. The summed E-state index contributed by atoms with van der Waals surface area (Å²) in [5, 5.41) is 1.06. The molecule has 0 saturated heterocycles. The van der Waals surface area contributed by atoms with Crippen molar-refractivity contribution in [3.05, 3.63) is 35.9 Å². The van der Waals surface area contributed by atoms with Crippen LogP contribution in [0.1, 0.15) is 39.0 Å². The molecule has 1 saturated carbocycles. The van der Waals surface area contributed by atoms with Crippen molar-refractivity contribution in [2.45, 2.75) is 45.1 Å². The molecule has 132 valence electrons. The molecule has 0 amide bonds. The number of hydrogen-bond acceptors (Lipinski definition) is 3. The highest BCUT2D eigenvalue weighted by molar-refractivity contribution is 6.06. The summed E-state index contributed by atoms with van der Waals surface area (Å²) in [5.74, 6) is -0.881. The molecule has 3 nitrogen and oxygen atoms in total. The molecule has 0 bridgehead atoms. The Kier molecular flexibility index (Phi) is 4.24. The summed E-state index contributed by atoms with van der Waals surface area (Å²) in [4.78, 5) is 0. The van der Waals surface area contributed by atoms with Crippen LogP contribution >= 0.6 is 0 Å². The van der Waals surface area contributed by atoms with Gasteiger partial charge in [-0.3, -0.25) is 0 Å². The lowest BCUT2D eigenvalue weighted by molar-refractivity contribution is 0.201. The van der Waals surface area contributed by atoms with Gasteiger partial charge in [0.05, 0.1) is 12.7 Å². The monoisotopic (exact) mass is 346 g/mol. The summed E-state index contributed by atoms with van der Waals surface area (Å²) >= 11 is 0. The van der Waals surface area contributed by atoms with Crippen LogP contribution in [0, 0.1) is 11.6 Å². The standard InChI is InChI=1S/C20H20F2O3/c1-2-11-23-15-9-7-13-14-8-10-16(24-12-5-3-4-6-12)18(22)20(14)25-19(13)17(15)21/h7-10,12H,2-6,11H2,1H3. The molecule has 0 N–H and O–H groups in total. The SMILES string of the molecule is CCCOc1ccc2c(oc3c(F)c(OC4CCCC4)ccc32)c1F. The second kappa shape index (κ2) is 6.54. The van der Waals surface area contributed by atoms with Crippen LogP contribution in [0.15, 0.2) is 28.7 Å². The van der Waals surface area contributed by atoms with E-state index in [1.54, 1.807) is 24.3 Å². The maximum absolute atomic E-state index is 14.8. The molecule has 0 radical (unpaired) electrons. The van der Waals surface area contributed by atoms with Crippen LogP contribution in [-0.2, 0) is 0 Å². The molecular formula is C20H20F2O3. The Bertz CT molecular complexity index is 910. The van der Waals surface area contributed by atoms with Crippen molar-refractivity contribution < 1.29 is 22.7 Å². The van der Waals surface area contributed by atoms with Gasteiger partial charge in [-0.1, -0.05) is 6.92 Å². The lowest BCUT2D eigenvalue weighted by Crippen LogP contribution is -2.11. The molecule has 1 aromatic heterocycles. The van der Waals surface area contributed by atoms with Gasteiger partial charge in [0, 0.05) is 10.8 Å². The molecule has 3 aromatic rings. The van der Waals surface area contributed by atoms with Crippen molar-refractivity contribution in [1.29, 1.82) is 0 Å². The molecule has 0 atom stereocenters. The third-order valence-electron chi connectivity index (χ3n) is 4.68. The fraction of sp³-hybridized carbons (Fsp3) is 0.400. The Morgan fingerprint density at radius 3 is 2.20 bits per heavy atom. The molecule has 5 heteroatoms. The van der Waals surface area contributed by atoms with Crippen molar-refractivity contribution in [2.24, 2.45) is 0 Å². The molecule has 1 heterocycles. The van der Waals surface area contributed by atoms with Gasteiger partial charge in [0.1, 0.15) is 0 Å². The summed E-state index contributed by atoms with van der Waals surface area (Å²) in [7, 11) is 0. The van der Waals surface area contributed by atoms with E-state index in [0.717, 1.165) is 32.1 Å². The molecule has 1 aliphatic carbocycles. The number of furan rings is 1. The minimum absolute atomic E-state index is 0.0144. The Hall–Kier alpha value is -2.30. The van der Waals surface area contributed by atoms with Crippen LogP contribution in [0.3, 0.4) is 0 Å². The fourth-order valence-corrected chi connectivity index (χ4v) is 3.40. The fourth-order valence-electron chi connectivity index (χ4n) is 3.40. The van der Waals surface area contributed by atoms with E-state index in [-0.39, 0.29) is 28.8 Å². The Balaban J connectivity index is 1.78. The van der Waals surface area contributed by atoms with E-state index in [4.69, 9.17) is 13.9 Å². The van der Waals surface area contributed by atoms with E-state index < -0.39 is 11.6 Å². The molecular weight excluding hydrogens is 326 g/mol. The van der Waals surface area contributed by atoms with Gasteiger partial charge in [-0.15, -0.1) is 0 Å². The smallest absolute Gasteiger partial charge is 0.208 e. The maximum atomic E-state index is 14.8. The summed E-state index contributed by atoms with van der Waals surface area (Å²) in [6.45, 7) is 2.36. The van der Waals surface area contributed by atoms with Crippen molar-refractivity contribution in [3.63, 3.8) is 0 Å². The summed E-state index contributed by atoms with van der Waals surface area (Å²) in [6, 6.07) is 6.58. The van der Waals surface area contributed by atoms with Crippen molar-refractivity contribution in [1.82, 2.24) is 0 Å². The molecule has 1 aliphatic rings. The Morgan fingerprint density at radius 2 is 1.56 bits per heavy atom. The first kappa shape index (κ1) is 16.2. The number of fused-ring (bicyclic) bond motifs is 3. The zero-order chi connectivity index (χ0) is 17.4. The second-order valence-electron chi connectivity index (χ2n) is 6.48. The zero-order valence-corrected chi connectivity index (χ0v) is 14.1. The number of rotatable bonds is 5. The maximum Gasteiger partial charge on any atom is 0.208 e. The van der Waals surface area contributed by atoms with Crippen molar-refractivity contribution >= 4 is 21.9 Å². The minimum atomic E-state index is -0.597. The van der Waals surface area contributed by atoms with Crippen molar-refractivity contribution in [3.8, 4) is 11.5 Å². The molecule has 25 heavy (non-hydrogen) atoms. The summed E-state index contributed by atoms with van der Waals surface area (Å²) in [6.07, 6.45) is 4.89. The topological polar surface area (TPSA) is 31.6 Å². The van der Waals surface area contributed by atoms with Gasteiger partial charge in [-0.2, -0.15) is 8.78 Å². The van der Waals surface area contributed by atoms with E-state index in [1.165, 1.54) is 0 Å². The van der Waals surface area contributed by atoms with Crippen LogP contribution in [0.25, 0.3) is 21.9 Å². The van der Waals surface area contributed by atoms with Gasteiger partial charge in [0.25, 0.3) is 0 Å². The Labute approximate surface area is 144 Å². The number of benzene rings is 2. The molecule has 0 spiro atoms. The highest BCUT2D eigenvalue weighted by Gasteiger charge is 2.23. The van der Waals surface area contributed by atoms with Crippen LogP contribution in [0.5, 0.6) is 11.5 Å². The minimum Gasteiger partial charge on any atom is -0.490 e. The van der Waals surface area contributed by atoms with Gasteiger partial charge in [-0.25, -0.2) is 0 Å². The van der Waals surface area contributed by atoms with Gasteiger partial charge < -0.3 is 13.9 Å². The summed E-state index contributed by atoms with van der Waals surface area (Å²) in [5.41, 5.74) is 0.0394. The molecule has 0 aliphatic heterocycles. The largest absolute Gasteiger partial charge is 0.490 e. The molecule has 2 aromatic carbocycles. The van der Waals surface area contributed by atoms with E-state index >= 15 is 0 Å². The molecule has 0 unspecified atom stereocenters. The van der Waals surface area contributed by atoms with Gasteiger partial charge in [-0.05, 0) is 56.4 Å². The predicted molar refractivity (Wildman–Crippen MR) is 92.3 cm³/mol. The highest BCUT2D eigenvalue weighted by Crippen LogP contribution is 2.38. The second-order valence-corrected chi connectivity index (χ2v) is 6.48. The predicted octanol–water partition coefficient (Wildman–Crippen LogP) is 5.97. The van der Waals surface area contributed by atoms with Crippen LogP contribution in [0.4, 0.5) is 8.78 Å². The van der Waals surface area contributed by atoms with E-state index in [2.05, 4.69) is 0 Å². The van der Waals surface area contributed by atoms with E-state index in [0.29, 0.717) is 17.4 Å². The quantitative estimate of drug-likeness (QED) is 0.570.